The lowest BCUT2D eigenvalue weighted by atomic mass is 9.75. The molecule has 0 aromatic carbocycles. The predicted octanol–water partition coefficient (Wildman–Crippen LogP) is 2.84. The minimum absolute atomic E-state index is 0.338. The lowest BCUT2D eigenvalue weighted by Gasteiger charge is -2.37. The summed E-state index contributed by atoms with van der Waals surface area (Å²) < 4.78 is 5.84. The van der Waals surface area contributed by atoms with E-state index in [0.717, 1.165) is 12.3 Å². The normalized spacial score (nSPS) is 34.4. The second-order valence-corrected chi connectivity index (χ2v) is 5.55. The van der Waals surface area contributed by atoms with E-state index in [9.17, 15) is 5.11 Å². The van der Waals surface area contributed by atoms with Gasteiger partial charge in [0.25, 0.3) is 0 Å². The van der Waals surface area contributed by atoms with E-state index in [-0.39, 0.29) is 6.10 Å². The van der Waals surface area contributed by atoms with Gasteiger partial charge in [-0.05, 0) is 37.5 Å². The second-order valence-electron chi connectivity index (χ2n) is 5.55. The van der Waals surface area contributed by atoms with Crippen LogP contribution in [0.1, 0.15) is 47.0 Å². The Kier molecular flexibility index (Phi) is 5.07. The molecule has 1 aliphatic carbocycles. The molecule has 1 aliphatic rings. The van der Waals surface area contributed by atoms with E-state index in [0.29, 0.717) is 24.5 Å². The lowest BCUT2D eigenvalue weighted by Crippen LogP contribution is -2.35. The second kappa shape index (κ2) is 5.86. The van der Waals surface area contributed by atoms with Gasteiger partial charge in [-0.15, -0.1) is 0 Å². The van der Waals surface area contributed by atoms with Gasteiger partial charge >= 0.3 is 0 Å². The number of hydrogen-bond acceptors (Lipinski definition) is 2. The summed E-state index contributed by atoms with van der Waals surface area (Å²) in [6, 6.07) is 0. The largest absolute Gasteiger partial charge is 0.391 e. The Balaban J connectivity index is 2.46. The maximum absolute atomic E-state index is 9.25. The molecule has 0 amide bonds. The summed E-state index contributed by atoms with van der Waals surface area (Å²) in [5, 5.41) is 9.25. The molecule has 4 atom stereocenters. The molecule has 0 saturated heterocycles. The van der Waals surface area contributed by atoms with Crippen molar-refractivity contribution in [1.29, 1.82) is 0 Å². The third-order valence-corrected chi connectivity index (χ3v) is 3.51. The maximum atomic E-state index is 9.25. The SMILES string of the molecule is CC1CCC(C(C)C)C(OC[C@@H](C)O)C1. The molecule has 0 heterocycles. The van der Waals surface area contributed by atoms with Crippen LogP contribution < -0.4 is 0 Å². The fourth-order valence-electron chi connectivity index (χ4n) is 2.57. The van der Waals surface area contributed by atoms with Crippen LogP contribution in [0, 0.1) is 17.8 Å². The monoisotopic (exact) mass is 214 g/mol. The van der Waals surface area contributed by atoms with Crippen molar-refractivity contribution in [1.82, 2.24) is 0 Å². The highest BCUT2D eigenvalue weighted by Crippen LogP contribution is 2.35. The van der Waals surface area contributed by atoms with Crippen molar-refractivity contribution >= 4 is 0 Å². The summed E-state index contributed by atoms with van der Waals surface area (Å²) in [6.07, 6.45) is 3.80. The van der Waals surface area contributed by atoms with Gasteiger partial charge in [-0.2, -0.15) is 0 Å². The van der Waals surface area contributed by atoms with Crippen molar-refractivity contribution in [2.24, 2.45) is 17.8 Å². The Morgan fingerprint density at radius 3 is 2.47 bits per heavy atom. The highest BCUT2D eigenvalue weighted by molar-refractivity contribution is 4.81. The molecule has 0 bridgehead atoms. The molecule has 1 N–H and O–H groups in total. The zero-order valence-corrected chi connectivity index (χ0v) is 10.6. The van der Waals surface area contributed by atoms with Gasteiger partial charge in [0.15, 0.2) is 0 Å². The minimum Gasteiger partial charge on any atom is -0.391 e. The van der Waals surface area contributed by atoms with E-state index in [1.165, 1.54) is 12.8 Å². The zero-order valence-electron chi connectivity index (χ0n) is 10.6. The Hall–Kier alpha value is -0.0800. The fourth-order valence-corrected chi connectivity index (χ4v) is 2.57. The Morgan fingerprint density at radius 2 is 1.93 bits per heavy atom. The summed E-state index contributed by atoms with van der Waals surface area (Å²) in [5.74, 6) is 2.15. The Morgan fingerprint density at radius 1 is 1.27 bits per heavy atom. The van der Waals surface area contributed by atoms with Crippen LogP contribution in [-0.4, -0.2) is 23.9 Å². The first kappa shape index (κ1) is 13.0. The van der Waals surface area contributed by atoms with Crippen LogP contribution in [0.25, 0.3) is 0 Å². The summed E-state index contributed by atoms with van der Waals surface area (Å²) >= 11 is 0. The van der Waals surface area contributed by atoms with Crippen molar-refractivity contribution in [3.05, 3.63) is 0 Å². The summed E-state index contributed by atoms with van der Waals surface area (Å²) in [6.45, 7) is 9.13. The summed E-state index contributed by atoms with van der Waals surface area (Å²) in [4.78, 5) is 0. The predicted molar refractivity (Wildman–Crippen MR) is 62.8 cm³/mol. The van der Waals surface area contributed by atoms with Gasteiger partial charge in [0.2, 0.25) is 0 Å². The quantitative estimate of drug-likeness (QED) is 0.779. The van der Waals surface area contributed by atoms with Gasteiger partial charge in [0, 0.05) is 0 Å². The molecule has 2 nitrogen and oxygen atoms in total. The molecule has 3 unspecified atom stereocenters. The zero-order chi connectivity index (χ0) is 11.4. The first-order valence-corrected chi connectivity index (χ1v) is 6.30. The Bertz CT molecular complexity index is 177. The van der Waals surface area contributed by atoms with Gasteiger partial charge in [0.05, 0.1) is 18.8 Å². The molecule has 0 aliphatic heterocycles. The maximum Gasteiger partial charge on any atom is 0.0745 e. The summed E-state index contributed by atoms with van der Waals surface area (Å²) in [5.41, 5.74) is 0. The van der Waals surface area contributed by atoms with Crippen molar-refractivity contribution < 1.29 is 9.84 Å². The van der Waals surface area contributed by atoms with E-state index in [1.807, 2.05) is 0 Å². The lowest BCUT2D eigenvalue weighted by molar-refractivity contribution is -0.0653. The topological polar surface area (TPSA) is 29.5 Å². The van der Waals surface area contributed by atoms with E-state index in [2.05, 4.69) is 20.8 Å². The van der Waals surface area contributed by atoms with Gasteiger partial charge in [-0.25, -0.2) is 0 Å². The van der Waals surface area contributed by atoms with Gasteiger partial charge in [0.1, 0.15) is 0 Å². The van der Waals surface area contributed by atoms with E-state index in [4.69, 9.17) is 4.74 Å². The molecule has 1 saturated carbocycles. The van der Waals surface area contributed by atoms with Crippen LogP contribution in [-0.2, 0) is 4.74 Å². The average molecular weight is 214 g/mol. The number of aliphatic hydroxyl groups excluding tert-OH is 1. The van der Waals surface area contributed by atoms with E-state index >= 15 is 0 Å². The molecule has 0 spiro atoms. The number of hydrogen-bond donors (Lipinski definition) is 1. The molecule has 15 heavy (non-hydrogen) atoms. The molecule has 1 fully saturated rings. The molecule has 2 heteroatoms. The number of ether oxygens (including phenoxy) is 1. The smallest absolute Gasteiger partial charge is 0.0745 e. The van der Waals surface area contributed by atoms with Crippen LogP contribution in [0.4, 0.5) is 0 Å². The number of aliphatic hydroxyl groups is 1. The van der Waals surface area contributed by atoms with E-state index < -0.39 is 0 Å². The van der Waals surface area contributed by atoms with Crippen LogP contribution in [0.2, 0.25) is 0 Å². The fraction of sp³-hybridized carbons (Fsp3) is 1.00. The molecule has 0 aromatic rings. The number of rotatable bonds is 4. The average Bonchev–Trinajstić information content (AvgIpc) is 2.14. The highest BCUT2D eigenvalue weighted by atomic mass is 16.5. The molecule has 1 rings (SSSR count). The third kappa shape index (κ3) is 4.12. The van der Waals surface area contributed by atoms with Gasteiger partial charge < -0.3 is 9.84 Å². The molecular weight excluding hydrogens is 188 g/mol. The minimum atomic E-state index is -0.338. The summed E-state index contributed by atoms with van der Waals surface area (Å²) in [7, 11) is 0. The van der Waals surface area contributed by atoms with Gasteiger partial charge in [-0.1, -0.05) is 27.2 Å². The van der Waals surface area contributed by atoms with Crippen molar-refractivity contribution in [2.75, 3.05) is 6.61 Å². The Labute approximate surface area is 94.0 Å². The first-order valence-electron chi connectivity index (χ1n) is 6.30. The van der Waals surface area contributed by atoms with Crippen molar-refractivity contribution in [3.63, 3.8) is 0 Å². The van der Waals surface area contributed by atoms with Crippen LogP contribution >= 0.6 is 0 Å². The molecule has 0 aromatic heterocycles. The first-order chi connectivity index (χ1) is 7.00. The van der Waals surface area contributed by atoms with E-state index in [1.54, 1.807) is 6.92 Å². The highest BCUT2D eigenvalue weighted by Gasteiger charge is 2.31. The van der Waals surface area contributed by atoms with Crippen molar-refractivity contribution in [2.45, 2.75) is 59.2 Å². The van der Waals surface area contributed by atoms with Crippen LogP contribution in [0.5, 0.6) is 0 Å². The molecule has 90 valence electrons. The van der Waals surface area contributed by atoms with Crippen LogP contribution in [0.3, 0.4) is 0 Å². The molecule has 0 radical (unpaired) electrons. The van der Waals surface area contributed by atoms with Crippen molar-refractivity contribution in [3.8, 4) is 0 Å². The standard InChI is InChI=1S/C13H26O2/c1-9(2)12-6-5-10(3)7-13(12)15-8-11(4)14/h9-14H,5-8H2,1-4H3/t10?,11-,12?,13?/m1/s1. The third-order valence-electron chi connectivity index (χ3n) is 3.51. The molecular formula is C13H26O2. The van der Waals surface area contributed by atoms with Crippen LogP contribution in [0.15, 0.2) is 0 Å². The van der Waals surface area contributed by atoms with Gasteiger partial charge in [-0.3, -0.25) is 0 Å².